The topological polar surface area (TPSA) is 52.6 Å². The minimum absolute atomic E-state index is 0.00972. The zero-order chi connectivity index (χ0) is 16.7. The van der Waals surface area contributed by atoms with Gasteiger partial charge in [0.15, 0.2) is 0 Å². The lowest BCUT2D eigenvalue weighted by molar-refractivity contribution is -0.0477. The smallest absolute Gasteiger partial charge is 0.338 e. The molecule has 0 spiro atoms. The van der Waals surface area contributed by atoms with E-state index in [0.29, 0.717) is 17.5 Å². The van der Waals surface area contributed by atoms with Gasteiger partial charge in [0.1, 0.15) is 12.2 Å². The fourth-order valence-electron chi connectivity index (χ4n) is 1.94. The van der Waals surface area contributed by atoms with E-state index in [1.54, 1.807) is 55.5 Å². The molecule has 2 aromatic rings. The molecule has 0 saturated heterocycles. The van der Waals surface area contributed by atoms with E-state index >= 15 is 0 Å². The molecule has 2 aromatic carbocycles. The highest BCUT2D eigenvalue weighted by Gasteiger charge is 2.29. The number of carbonyl (C=O) groups is 2. The van der Waals surface area contributed by atoms with Crippen molar-refractivity contribution in [3.8, 4) is 0 Å². The first-order chi connectivity index (χ1) is 11.0. The summed E-state index contributed by atoms with van der Waals surface area (Å²) in [7, 11) is 0. The molecule has 2 rings (SSSR count). The molecule has 0 aliphatic carbocycles. The number of rotatable bonds is 6. The van der Waals surface area contributed by atoms with Gasteiger partial charge in [-0.25, -0.2) is 9.59 Å². The van der Waals surface area contributed by atoms with Gasteiger partial charge in [0, 0.05) is 0 Å². The van der Waals surface area contributed by atoms with Gasteiger partial charge in [0.05, 0.1) is 11.1 Å². The Hall–Kier alpha value is -2.62. The number of esters is 2. The van der Waals surface area contributed by atoms with Crippen LogP contribution >= 0.6 is 0 Å². The van der Waals surface area contributed by atoms with Crippen LogP contribution in [0.3, 0.4) is 0 Å². The normalized spacial score (nSPS) is 13.0. The van der Waals surface area contributed by atoms with Gasteiger partial charge in [-0.2, -0.15) is 0 Å². The Kier molecular flexibility index (Phi) is 5.52. The van der Waals surface area contributed by atoms with E-state index in [2.05, 4.69) is 0 Å². The summed E-state index contributed by atoms with van der Waals surface area (Å²) in [5.74, 6) is -0.855. The van der Waals surface area contributed by atoms with Crippen molar-refractivity contribution < 1.29 is 19.1 Å². The molecule has 4 heteroatoms. The van der Waals surface area contributed by atoms with Crippen molar-refractivity contribution in [2.75, 3.05) is 6.61 Å². The Labute approximate surface area is 136 Å². The molecule has 0 fully saturated rings. The fourth-order valence-corrected chi connectivity index (χ4v) is 1.94. The van der Waals surface area contributed by atoms with Crippen molar-refractivity contribution in [2.45, 2.75) is 25.9 Å². The molecule has 1 unspecified atom stereocenters. The minimum atomic E-state index is -0.864. The third-order valence-electron chi connectivity index (χ3n) is 3.61. The van der Waals surface area contributed by atoms with Crippen molar-refractivity contribution in [1.29, 1.82) is 0 Å². The Morgan fingerprint density at radius 2 is 1.35 bits per heavy atom. The van der Waals surface area contributed by atoms with Crippen LogP contribution in [0.15, 0.2) is 60.7 Å². The standard InChI is InChI=1S/C19H20O4/c1-3-19(2,23-18(21)16-12-8-5-9-13-16)14-22-17(20)15-10-6-4-7-11-15/h4-13H,3,14H2,1-2H3. The summed E-state index contributed by atoms with van der Waals surface area (Å²) in [6.07, 6.45) is 0.535. The Balaban J connectivity index is 1.98. The summed E-state index contributed by atoms with van der Waals surface area (Å²) in [5.41, 5.74) is 0.0825. The highest BCUT2D eigenvalue weighted by molar-refractivity contribution is 5.90. The van der Waals surface area contributed by atoms with E-state index in [0.717, 1.165) is 0 Å². The van der Waals surface area contributed by atoms with E-state index in [1.807, 2.05) is 19.1 Å². The van der Waals surface area contributed by atoms with E-state index in [4.69, 9.17) is 9.47 Å². The number of benzene rings is 2. The second kappa shape index (κ2) is 7.58. The predicted molar refractivity (Wildman–Crippen MR) is 87.3 cm³/mol. The van der Waals surface area contributed by atoms with Gasteiger partial charge < -0.3 is 9.47 Å². The molecule has 0 heterocycles. The number of ether oxygens (including phenoxy) is 2. The number of hydrogen-bond acceptors (Lipinski definition) is 4. The average molecular weight is 312 g/mol. The van der Waals surface area contributed by atoms with Crippen molar-refractivity contribution in [3.63, 3.8) is 0 Å². The highest BCUT2D eigenvalue weighted by atomic mass is 16.6. The SMILES string of the molecule is CCC(C)(COC(=O)c1ccccc1)OC(=O)c1ccccc1. The van der Waals surface area contributed by atoms with E-state index in [-0.39, 0.29) is 6.61 Å². The van der Waals surface area contributed by atoms with Crippen molar-refractivity contribution in [2.24, 2.45) is 0 Å². The Morgan fingerprint density at radius 3 is 1.83 bits per heavy atom. The van der Waals surface area contributed by atoms with Gasteiger partial charge in [0.2, 0.25) is 0 Å². The lowest BCUT2D eigenvalue weighted by atomic mass is 10.0. The number of hydrogen-bond donors (Lipinski definition) is 0. The first-order valence-electron chi connectivity index (χ1n) is 7.54. The van der Waals surface area contributed by atoms with Crippen molar-refractivity contribution in [3.05, 3.63) is 71.8 Å². The first-order valence-corrected chi connectivity index (χ1v) is 7.54. The summed E-state index contributed by atoms with van der Waals surface area (Å²) in [5, 5.41) is 0. The van der Waals surface area contributed by atoms with Crippen LogP contribution in [0.25, 0.3) is 0 Å². The molecule has 0 aliphatic heterocycles. The maximum absolute atomic E-state index is 12.2. The lowest BCUT2D eigenvalue weighted by Crippen LogP contribution is -2.37. The largest absolute Gasteiger partial charge is 0.458 e. The van der Waals surface area contributed by atoms with Crippen molar-refractivity contribution >= 4 is 11.9 Å². The molecule has 0 N–H and O–H groups in total. The van der Waals surface area contributed by atoms with Crippen LogP contribution in [0.4, 0.5) is 0 Å². The third kappa shape index (κ3) is 4.68. The molecule has 0 aromatic heterocycles. The Bertz CT molecular complexity index is 652. The fraction of sp³-hybridized carbons (Fsp3) is 0.263. The van der Waals surface area contributed by atoms with Gasteiger partial charge in [-0.15, -0.1) is 0 Å². The molecule has 0 radical (unpaired) electrons. The third-order valence-corrected chi connectivity index (χ3v) is 3.61. The maximum Gasteiger partial charge on any atom is 0.338 e. The molecular weight excluding hydrogens is 292 g/mol. The zero-order valence-electron chi connectivity index (χ0n) is 13.3. The van der Waals surface area contributed by atoms with E-state index < -0.39 is 17.5 Å². The van der Waals surface area contributed by atoms with Crippen LogP contribution in [0.1, 0.15) is 41.0 Å². The molecule has 23 heavy (non-hydrogen) atoms. The summed E-state index contributed by atoms with van der Waals surface area (Å²) in [6.45, 7) is 3.65. The van der Waals surface area contributed by atoms with Gasteiger partial charge in [-0.1, -0.05) is 43.3 Å². The van der Waals surface area contributed by atoms with Gasteiger partial charge >= 0.3 is 11.9 Å². The molecule has 0 amide bonds. The molecule has 0 bridgehead atoms. The summed E-state index contributed by atoms with van der Waals surface area (Å²) >= 11 is 0. The molecular formula is C19H20O4. The second-order valence-corrected chi connectivity index (χ2v) is 5.50. The molecule has 4 nitrogen and oxygen atoms in total. The number of carbonyl (C=O) groups excluding carboxylic acids is 2. The minimum Gasteiger partial charge on any atom is -0.458 e. The monoisotopic (exact) mass is 312 g/mol. The quantitative estimate of drug-likeness (QED) is 0.760. The highest BCUT2D eigenvalue weighted by Crippen LogP contribution is 2.19. The van der Waals surface area contributed by atoms with Crippen LogP contribution in [0, 0.1) is 0 Å². The van der Waals surface area contributed by atoms with Gasteiger partial charge in [0.25, 0.3) is 0 Å². The predicted octanol–water partition coefficient (Wildman–Crippen LogP) is 3.87. The summed E-state index contributed by atoms with van der Waals surface area (Å²) < 4.78 is 10.8. The molecule has 1 atom stereocenters. The van der Waals surface area contributed by atoms with Crippen molar-refractivity contribution in [1.82, 2.24) is 0 Å². The van der Waals surface area contributed by atoms with Crippen LogP contribution in [0.2, 0.25) is 0 Å². The van der Waals surface area contributed by atoms with Crippen LogP contribution in [0.5, 0.6) is 0 Å². The maximum atomic E-state index is 12.2. The first kappa shape index (κ1) is 16.7. The summed E-state index contributed by atoms with van der Waals surface area (Å²) in [6, 6.07) is 17.5. The molecule has 0 saturated carbocycles. The van der Waals surface area contributed by atoms with Crippen LogP contribution < -0.4 is 0 Å². The average Bonchev–Trinajstić information content (AvgIpc) is 2.61. The molecule has 0 aliphatic rings. The molecule has 120 valence electrons. The van der Waals surface area contributed by atoms with Crippen LogP contribution in [-0.4, -0.2) is 24.1 Å². The van der Waals surface area contributed by atoms with E-state index in [1.165, 1.54) is 0 Å². The van der Waals surface area contributed by atoms with Crippen LogP contribution in [-0.2, 0) is 9.47 Å². The second-order valence-electron chi connectivity index (χ2n) is 5.50. The zero-order valence-corrected chi connectivity index (χ0v) is 13.3. The Morgan fingerprint density at radius 1 is 0.870 bits per heavy atom. The van der Waals surface area contributed by atoms with Gasteiger partial charge in [-0.3, -0.25) is 0 Å². The van der Waals surface area contributed by atoms with E-state index in [9.17, 15) is 9.59 Å². The lowest BCUT2D eigenvalue weighted by Gasteiger charge is -2.27. The summed E-state index contributed by atoms with van der Waals surface area (Å²) in [4.78, 5) is 24.2. The van der Waals surface area contributed by atoms with Gasteiger partial charge in [-0.05, 0) is 37.6 Å².